The Labute approximate surface area is 203 Å². The number of aryl methyl sites for hydroxylation is 1. The van der Waals surface area contributed by atoms with Crippen molar-refractivity contribution in [1.82, 2.24) is 15.1 Å². The van der Waals surface area contributed by atoms with Gasteiger partial charge in [0.05, 0.1) is 6.61 Å². The second kappa shape index (κ2) is 12.4. The van der Waals surface area contributed by atoms with E-state index in [9.17, 15) is 14.7 Å². The second-order valence-corrected chi connectivity index (χ2v) is 9.77. The van der Waals surface area contributed by atoms with Crippen LogP contribution in [0.4, 0.5) is 4.79 Å². The van der Waals surface area contributed by atoms with Crippen molar-refractivity contribution in [3.8, 4) is 5.75 Å². The summed E-state index contributed by atoms with van der Waals surface area (Å²) in [5.74, 6) is 1.16. The lowest BCUT2D eigenvalue weighted by Crippen LogP contribution is -2.44. The Kier molecular flexibility index (Phi) is 9.59. The number of hydrogen-bond donors (Lipinski definition) is 2. The second-order valence-electron chi connectivity index (χ2n) is 9.77. The summed E-state index contributed by atoms with van der Waals surface area (Å²) in [7, 11) is 1.67. The molecule has 0 aromatic heterocycles. The van der Waals surface area contributed by atoms with E-state index in [4.69, 9.17) is 9.47 Å². The number of amides is 2. The van der Waals surface area contributed by atoms with Crippen molar-refractivity contribution in [2.75, 3.05) is 46.5 Å². The molecule has 0 radical (unpaired) electrons. The molecule has 1 saturated heterocycles. The molecular weight excluding hydrogens is 434 g/mol. The first-order valence-electron chi connectivity index (χ1n) is 12.6. The molecule has 2 aliphatic rings. The molecule has 2 amide bonds. The highest BCUT2D eigenvalue weighted by molar-refractivity contribution is 5.95. The topological polar surface area (TPSA) is 91.3 Å². The van der Waals surface area contributed by atoms with Gasteiger partial charge in [-0.1, -0.05) is 13.0 Å². The molecule has 190 valence electrons. The fourth-order valence-corrected chi connectivity index (χ4v) is 4.68. The molecule has 0 unspecified atom stereocenters. The van der Waals surface area contributed by atoms with Crippen LogP contribution in [0.1, 0.15) is 56.0 Å². The molecule has 0 spiro atoms. The SMILES string of the molecule is CCc1ccc(C(=O)N(C[C@@H]2CNC[C@H]2CN(C(=O)O)C2CC2)C(C)C)cc1OCCCOC. The standard InChI is InChI=1S/C26H41N3O5/c1-5-19-7-8-20(13-24(19)34-12-6-11-33-4)25(30)28(18(2)3)16-21-14-27-15-22(21)17-29(26(31)32)23-9-10-23/h7-8,13,18,21-23,27H,5-6,9-12,14-17H2,1-4H3,(H,31,32)/t21-,22-/m0/s1. The van der Waals surface area contributed by atoms with Crippen LogP contribution in [0.5, 0.6) is 5.75 Å². The van der Waals surface area contributed by atoms with E-state index in [0.717, 1.165) is 50.1 Å². The lowest BCUT2D eigenvalue weighted by molar-refractivity contribution is 0.0646. The van der Waals surface area contributed by atoms with Crippen molar-refractivity contribution in [3.63, 3.8) is 0 Å². The van der Waals surface area contributed by atoms with Gasteiger partial charge in [-0.05, 0) is 62.6 Å². The van der Waals surface area contributed by atoms with Gasteiger partial charge in [-0.25, -0.2) is 4.79 Å². The highest BCUT2D eigenvalue weighted by atomic mass is 16.5. The summed E-state index contributed by atoms with van der Waals surface area (Å²) in [6.45, 7) is 10.0. The number of hydrogen-bond acceptors (Lipinski definition) is 5. The zero-order valence-corrected chi connectivity index (χ0v) is 21.1. The predicted octanol–water partition coefficient (Wildman–Crippen LogP) is 3.49. The molecule has 8 nitrogen and oxygen atoms in total. The van der Waals surface area contributed by atoms with Gasteiger partial charge < -0.3 is 29.7 Å². The van der Waals surface area contributed by atoms with E-state index in [2.05, 4.69) is 12.2 Å². The monoisotopic (exact) mass is 475 g/mol. The van der Waals surface area contributed by atoms with Gasteiger partial charge in [0.2, 0.25) is 0 Å². The van der Waals surface area contributed by atoms with Crippen molar-refractivity contribution < 1.29 is 24.2 Å². The van der Waals surface area contributed by atoms with Crippen molar-refractivity contribution in [3.05, 3.63) is 29.3 Å². The third-order valence-corrected chi connectivity index (χ3v) is 6.91. The average Bonchev–Trinajstić information content (AvgIpc) is 3.56. The first-order valence-corrected chi connectivity index (χ1v) is 12.6. The smallest absolute Gasteiger partial charge is 0.407 e. The predicted molar refractivity (Wildman–Crippen MR) is 132 cm³/mol. The first kappa shape index (κ1) is 26.3. The van der Waals surface area contributed by atoms with Crippen molar-refractivity contribution in [2.24, 2.45) is 11.8 Å². The molecule has 2 N–H and O–H groups in total. The van der Waals surface area contributed by atoms with Crippen LogP contribution in [0.15, 0.2) is 18.2 Å². The zero-order valence-electron chi connectivity index (χ0n) is 21.1. The number of ether oxygens (including phenoxy) is 2. The Morgan fingerprint density at radius 2 is 1.85 bits per heavy atom. The van der Waals surface area contributed by atoms with Crippen molar-refractivity contribution in [2.45, 2.75) is 58.5 Å². The molecule has 1 aromatic rings. The molecule has 1 aliphatic carbocycles. The summed E-state index contributed by atoms with van der Waals surface area (Å²) in [5.41, 5.74) is 1.71. The molecule has 3 rings (SSSR count). The van der Waals surface area contributed by atoms with Gasteiger partial charge in [0.25, 0.3) is 5.91 Å². The molecule has 1 aromatic carbocycles. The Bertz CT molecular complexity index is 827. The maximum atomic E-state index is 13.6. The minimum atomic E-state index is -0.834. The third-order valence-electron chi connectivity index (χ3n) is 6.91. The van der Waals surface area contributed by atoms with E-state index in [1.807, 2.05) is 36.9 Å². The number of rotatable bonds is 13. The lowest BCUT2D eigenvalue weighted by Gasteiger charge is -2.33. The van der Waals surface area contributed by atoms with Crippen LogP contribution in [0, 0.1) is 11.8 Å². The van der Waals surface area contributed by atoms with E-state index < -0.39 is 6.09 Å². The Morgan fingerprint density at radius 3 is 2.44 bits per heavy atom. The normalized spacial score (nSPS) is 19.9. The van der Waals surface area contributed by atoms with Gasteiger partial charge in [0.1, 0.15) is 5.75 Å². The number of nitrogens with zero attached hydrogens (tertiary/aromatic N) is 2. The highest BCUT2D eigenvalue weighted by Gasteiger charge is 2.38. The molecule has 1 aliphatic heterocycles. The average molecular weight is 476 g/mol. The molecule has 34 heavy (non-hydrogen) atoms. The maximum Gasteiger partial charge on any atom is 0.407 e. The number of carboxylic acid groups (broad SMARTS) is 1. The summed E-state index contributed by atoms with van der Waals surface area (Å²) < 4.78 is 11.1. The van der Waals surface area contributed by atoms with Crippen LogP contribution in [-0.2, 0) is 11.2 Å². The molecule has 0 bridgehead atoms. The third kappa shape index (κ3) is 6.85. The molecular formula is C26H41N3O5. The van der Waals surface area contributed by atoms with E-state index in [1.165, 1.54) is 0 Å². The number of carbonyl (C=O) groups excluding carboxylic acids is 1. The van der Waals surface area contributed by atoms with Crippen molar-refractivity contribution >= 4 is 12.0 Å². The summed E-state index contributed by atoms with van der Waals surface area (Å²) >= 11 is 0. The van der Waals surface area contributed by atoms with Crippen LogP contribution >= 0.6 is 0 Å². The van der Waals surface area contributed by atoms with E-state index in [1.54, 1.807) is 12.0 Å². The zero-order chi connectivity index (χ0) is 24.7. The quantitative estimate of drug-likeness (QED) is 0.425. The number of nitrogens with one attached hydrogen (secondary N) is 1. The molecule has 2 atom stereocenters. The molecule has 8 heteroatoms. The molecule has 2 fully saturated rings. The van der Waals surface area contributed by atoms with Gasteiger partial charge in [-0.15, -0.1) is 0 Å². The Hall–Kier alpha value is -2.32. The minimum Gasteiger partial charge on any atom is -0.493 e. The van der Waals surface area contributed by atoms with E-state index >= 15 is 0 Å². The first-order chi connectivity index (χ1) is 16.3. The van der Waals surface area contributed by atoms with Crippen LogP contribution in [0.25, 0.3) is 0 Å². The van der Waals surface area contributed by atoms with E-state index in [-0.39, 0.29) is 29.8 Å². The van der Waals surface area contributed by atoms with Crippen LogP contribution in [0.3, 0.4) is 0 Å². The van der Waals surface area contributed by atoms with E-state index in [0.29, 0.717) is 31.9 Å². The molecule has 1 heterocycles. The van der Waals surface area contributed by atoms with Gasteiger partial charge in [0, 0.05) is 64.0 Å². The largest absolute Gasteiger partial charge is 0.493 e. The summed E-state index contributed by atoms with van der Waals surface area (Å²) in [6.07, 6.45) is 2.70. The fraction of sp³-hybridized carbons (Fsp3) is 0.692. The van der Waals surface area contributed by atoms with Gasteiger partial charge in [0.15, 0.2) is 0 Å². The van der Waals surface area contributed by atoms with Crippen LogP contribution in [-0.4, -0.2) is 85.5 Å². The fourth-order valence-electron chi connectivity index (χ4n) is 4.68. The minimum absolute atomic E-state index is 0.0117. The summed E-state index contributed by atoms with van der Waals surface area (Å²) in [5, 5.41) is 13.0. The van der Waals surface area contributed by atoms with Crippen molar-refractivity contribution in [1.29, 1.82) is 0 Å². The number of benzene rings is 1. The molecule has 1 saturated carbocycles. The van der Waals surface area contributed by atoms with Crippen LogP contribution in [0.2, 0.25) is 0 Å². The summed E-state index contributed by atoms with van der Waals surface area (Å²) in [6, 6.07) is 5.94. The van der Waals surface area contributed by atoms with Crippen LogP contribution < -0.4 is 10.1 Å². The Morgan fingerprint density at radius 1 is 1.15 bits per heavy atom. The van der Waals surface area contributed by atoms with Gasteiger partial charge in [-0.3, -0.25) is 4.79 Å². The Balaban J connectivity index is 1.70. The highest BCUT2D eigenvalue weighted by Crippen LogP contribution is 2.30. The number of carbonyl (C=O) groups is 2. The lowest BCUT2D eigenvalue weighted by atomic mass is 9.94. The number of methoxy groups -OCH3 is 1. The van der Waals surface area contributed by atoms with Gasteiger partial charge in [-0.2, -0.15) is 0 Å². The summed E-state index contributed by atoms with van der Waals surface area (Å²) in [4.78, 5) is 28.8. The maximum absolute atomic E-state index is 13.6. The van der Waals surface area contributed by atoms with Gasteiger partial charge >= 0.3 is 6.09 Å².